The van der Waals surface area contributed by atoms with E-state index in [0.29, 0.717) is 45.4 Å². The lowest BCUT2D eigenvalue weighted by atomic mass is 9.83. The van der Waals surface area contributed by atoms with E-state index >= 15 is 0 Å². The number of amides is 2. The highest BCUT2D eigenvalue weighted by Crippen LogP contribution is 2.25. The number of hydrogen-bond acceptors (Lipinski definition) is 6. The Morgan fingerprint density at radius 2 is 1.97 bits per heavy atom. The molecule has 3 rings (SSSR count). The molecule has 2 heterocycles. The van der Waals surface area contributed by atoms with E-state index in [1.165, 1.54) is 0 Å². The molecule has 1 aromatic heterocycles. The topological polar surface area (TPSA) is 143 Å². The molecule has 1 aliphatic heterocycles. The monoisotopic (exact) mass is 438 g/mol. The van der Waals surface area contributed by atoms with Crippen molar-refractivity contribution in [3.63, 3.8) is 0 Å². The van der Waals surface area contributed by atoms with Crippen LogP contribution in [-0.4, -0.2) is 69.5 Å². The summed E-state index contributed by atoms with van der Waals surface area (Å²) in [5, 5.41) is 23.4. The van der Waals surface area contributed by atoms with Crippen LogP contribution >= 0.6 is 0 Å². The van der Waals surface area contributed by atoms with Gasteiger partial charge in [0.2, 0.25) is 11.8 Å². The average molecular weight is 439 g/mol. The zero-order valence-electron chi connectivity index (χ0n) is 18.0. The normalized spacial score (nSPS) is 23.9. The molecule has 4 N–H and O–H groups in total. The summed E-state index contributed by atoms with van der Waals surface area (Å²) in [6.45, 7) is 3.73. The first-order chi connectivity index (χ1) is 15.0. The van der Waals surface area contributed by atoms with Crippen molar-refractivity contribution in [3.8, 4) is 0 Å². The van der Waals surface area contributed by atoms with Crippen molar-refractivity contribution in [1.29, 1.82) is 0 Å². The lowest BCUT2D eigenvalue weighted by Gasteiger charge is -2.34. The molecule has 0 radical (unpaired) electrons. The van der Waals surface area contributed by atoms with Crippen molar-refractivity contribution in [3.05, 3.63) is 18.2 Å². The van der Waals surface area contributed by atoms with Crippen LogP contribution in [0, 0.1) is 5.92 Å². The van der Waals surface area contributed by atoms with Gasteiger partial charge in [-0.15, -0.1) is 0 Å². The Morgan fingerprint density at radius 1 is 1.26 bits per heavy atom. The van der Waals surface area contributed by atoms with Crippen molar-refractivity contribution in [1.82, 2.24) is 20.2 Å². The number of aliphatic hydroxyl groups excluding tert-OH is 1. The number of ether oxygens (including phenoxy) is 1. The molecule has 0 aromatic carbocycles. The Kier molecular flexibility index (Phi) is 10.5. The third kappa shape index (κ3) is 7.95. The number of nitrogens with zero attached hydrogens (tertiary/aromatic N) is 2. The lowest BCUT2D eigenvalue weighted by molar-refractivity contribution is -0.129. The van der Waals surface area contributed by atoms with Gasteiger partial charge in [0.15, 0.2) is 0 Å². The molecule has 0 spiro atoms. The molecule has 10 nitrogen and oxygen atoms in total. The fourth-order valence-corrected chi connectivity index (χ4v) is 4.07. The summed E-state index contributed by atoms with van der Waals surface area (Å²) in [5.74, 6) is 0.709. The number of rotatable bonds is 7. The standard InChI is InChI=1S/C20H32N4O4.CH2O2/c1-2-18-21-8-10-24(18)9-5-19(26)23-16-4-3-14(13-17(16)25)20(27)22-15-6-11-28-12-7-15;2-1-3/h8,10,14-17,25H,2-7,9,11-13H2,1H3,(H,22,27)(H,23,26);1H,(H,2,3)/t14-,16-,17-;/m0./s1. The Hall–Kier alpha value is -2.46. The van der Waals surface area contributed by atoms with Crippen LogP contribution in [0.2, 0.25) is 0 Å². The van der Waals surface area contributed by atoms with Gasteiger partial charge in [-0.3, -0.25) is 14.4 Å². The van der Waals surface area contributed by atoms with Gasteiger partial charge >= 0.3 is 0 Å². The molecule has 0 unspecified atom stereocenters. The highest BCUT2D eigenvalue weighted by molar-refractivity contribution is 5.79. The molecular weight excluding hydrogens is 404 g/mol. The Balaban J connectivity index is 0.00000107. The van der Waals surface area contributed by atoms with Crippen LogP contribution in [0.25, 0.3) is 0 Å². The zero-order valence-corrected chi connectivity index (χ0v) is 18.0. The van der Waals surface area contributed by atoms with Crippen molar-refractivity contribution in [2.45, 2.75) is 76.6 Å². The second-order valence-corrected chi connectivity index (χ2v) is 7.89. The third-order valence-electron chi connectivity index (χ3n) is 5.80. The second-order valence-electron chi connectivity index (χ2n) is 7.89. The Labute approximate surface area is 182 Å². The zero-order chi connectivity index (χ0) is 22.6. The number of carbonyl (C=O) groups excluding carboxylic acids is 2. The van der Waals surface area contributed by atoms with Gasteiger partial charge in [0.25, 0.3) is 6.47 Å². The van der Waals surface area contributed by atoms with Gasteiger partial charge in [-0.1, -0.05) is 6.92 Å². The number of carbonyl (C=O) groups is 3. The largest absolute Gasteiger partial charge is 0.483 e. The van der Waals surface area contributed by atoms with Crippen LogP contribution in [0.4, 0.5) is 0 Å². The molecule has 1 aliphatic carbocycles. The minimum atomic E-state index is -0.692. The van der Waals surface area contributed by atoms with E-state index in [-0.39, 0.29) is 36.3 Å². The molecular formula is C21H34N4O6. The predicted molar refractivity (Wildman–Crippen MR) is 112 cm³/mol. The first-order valence-electron chi connectivity index (χ1n) is 10.9. The summed E-state index contributed by atoms with van der Waals surface area (Å²) in [6, 6.07) is -0.111. The molecule has 3 atom stereocenters. The van der Waals surface area contributed by atoms with Gasteiger partial charge in [-0.25, -0.2) is 4.98 Å². The van der Waals surface area contributed by atoms with Crippen molar-refractivity contribution >= 4 is 18.3 Å². The SMILES string of the molecule is CCc1nccn1CCC(=O)N[C@H]1CC[C@H](C(=O)NC2CCOCC2)C[C@@H]1O.O=CO. The number of aromatic nitrogens is 2. The first kappa shape index (κ1) is 24.8. The fraction of sp³-hybridized carbons (Fsp3) is 0.714. The summed E-state index contributed by atoms with van der Waals surface area (Å²) in [6.07, 6.45) is 7.48. The van der Waals surface area contributed by atoms with Gasteiger partial charge in [0, 0.05) is 57.0 Å². The summed E-state index contributed by atoms with van der Waals surface area (Å²) in [4.78, 5) is 37.4. The minimum absolute atomic E-state index is 0.0166. The van der Waals surface area contributed by atoms with E-state index in [1.54, 1.807) is 6.20 Å². The highest BCUT2D eigenvalue weighted by atomic mass is 16.5. The quantitative estimate of drug-likeness (QED) is 0.453. The fourth-order valence-electron chi connectivity index (χ4n) is 4.07. The van der Waals surface area contributed by atoms with E-state index in [0.717, 1.165) is 25.1 Å². The van der Waals surface area contributed by atoms with Gasteiger partial charge in [-0.2, -0.15) is 0 Å². The van der Waals surface area contributed by atoms with E-state index in [9.17, 15) is 14.7 Å². The van der Waals surface area contributed by atoms with Crippen LogP contribution in [0.15, 0.2) is 12.4 Å². The predicted octanol–water partition coefficient (Wildman–Crippen LogP) is 0.477. The molecule has 1 aromatic rings. The number of nitrogens with one attached hydrogen (secondary N) is 2. The number of imidazole rings is 1. The van der Waals surface area contributed by atoms with Crippen LogP contribution < -0.4 is 10.6 Å². The summed E-state index contributed by atoms with van der Waals surface area (Å²) >= 11 is 0. The first-order valence-corrected chi connectivity index (χ1v) is 10.9. The van der Waals surface area contributed by atoms with Crippen molar-refractivity contribution in [2.24, 2.45) is 5.92 Å². The van der Waals surface area contributed by atoms with E-state index in [2.05, 4.69) is 15.6 Å². The minimum Gasteiger partial charge on any atom is -0.483 e. The summed E-state index contributed by atoms with van der Waals surface area (Å²) in [7, 11) is 0. The van der Waals surface area contributed by atoms with Gasteiger partial charge in [0.05, 0.1) is 12.1 Å². The third-order valence-corrected chi connectivity index (χ3v) is 5.80. The van der Waals surface area contributed by atoms with Crippen molar-refractivity contribution < 1.29 is 29.3 Å². The maximum Gasteiger partial charge on any atom is 0.290 e. The van der Waals surface area contributed by atoms with E-state index in [1.807, 2.05) is 17.7 Å². The lowest BCUT2D eigenvalue weighted by Crippen LogP contribution is -2.50. The number of carboxylic acid groups (broad SMARTS) is 1. The van der Waals surface area contributed by atoms with E-state index < -0.39 is 6.10 Å². The maximum atomic E-state index is 12.5. The number of hydrogen-bond donors (Lipinski definition) is 4. The maximum absolute atomic E-state index is 12.5. The summed E-state index contributed by atoms with van der Waals surface area (Å²) in [5.41, 5.74) is 0. The van der Waals surface area contributed by atoms with Gasteiger partial charge in [-0.05, 0) is 32.1 Å². The van der Waals surface area contributed by atoms with Crippen LogP contribution in [0.1, 0.15) is 51.3 Å². The smallest absolute Gasteiger partial charge is 0.290 e. The van der Waals surface area contributed by atoms with Gasteiger partial charge in [0.1, 0.15) is 5.82 Å². The molecule has 10 heteroatoms. The van der Waals surface area contributed by atoms with Crippen LogP contribution in [0.3, 0.4) is 0 Å². The second kappa shape index (κ2) is 13.1. The number of aliphatic hydroxyl groups is 1. The molecule has 0 bridgehead atoms. The summed E-state index contributed by atoms with van der Waals surface area (Å²) < 4.78 is 7.29. The highest BCUT2D eigenvalue weighted by Gasteiger charge is 2.34. The molecule has 2 amide bonds. The van der Waals surface area contributed by atoms with E-state index in [4.69, 9.17) is 14.6 Å². The molecule has 1 saturated heterocycles. The molecule has 2 fully saturated rings. The molecule has 1 saturated carbocycles. The Bertz CT molecular complexity index is 704. The molecule has 31 heavy (non-hydrogen) atoms. The average Bonchev–Trinajstić information content (AvgIpc) is 3.22. The van der Waals surface area contributed by atoms with Crippen LogP contribution in [-0.2, 0) is 32.1 Å². The number of aryl methyl sites for hydroxylation is 2. The Morgan fingerprint density at radius 3 is 2.61 bits per heavy atom. The van der Waals surface area contributed by atoms with Crippen LogP contribution in [0.5, 0.6) is 0 Å². The van der Waals surface area contributed by atoms with Gasteiger partial charge < -0.3 is 30.2 Å². The van der Waals surface area contributed by atoms with Crippen molar-refractivity contribution in [2.75, 3.05) is 13.2 Å². The molecule has 2 aliphatic rings. The molecule has 174 valence electrons.